The van der Waals surface area contributed by atoms with Crippen LogP contribution < -0.4 is 4.74 Å². The van der Waals surface area contributed by atoms with Gasteiger partial charge in [-0.1, -0.05) is 13.8 Å². The van der Waals surface area contributed by atoms with Gasteiger partial charge in [-0.15, -0.1) is 0 Å². The molecule has 2 aromatic rings. The number of nitrogens with one attached hydrogen (secondary N) is 1. The van der Waals surface area contributed by atoms with Gasteiger partial charge in [0.2, 0.25) is 0 Å². The van der Waals surface area contributed by atoms with Crippen molar-refractivity contribution in [2.45, 2.75) is 38.5 Å². The van der Waals surface area contributed by atoms with E-state index in [2.05, 4.69) is 29.0 Å². The van der Waals surface area contributed by atoms with Crippen molar-refractivity contribution in [3.63, 3.8) is 0 Å². The van der Waals surface area contributed by atoms with Gasteiger partial charge in [0.1, 0.15) is 11.6 Å². The Labute approximate surface area is 153 Å². The number of hydrogen-bond acceptors (Lipinski definition) is 5. The monoisotopic (exact) mass is 355 g/mol. The van der Waals surface area contributed by atoms with Gasteiger partial charge < -0.3 is 9.64 Å². The number of carbonyl (C=O) groups is 1. The maximum absolute atomic E-state index is 12.6. The van der Waals surface area contributed by atoms with Crippen molar-refractivity contribution in [3.8, 4) is 5.75 Å². The predicted molar refractivity (Wildman–Crippen MR) is 95.7 cm³/mol. The van der Waals surface area contributed by atoms with Crippen molar-refractivity contribution in [1.82, 2.24) is 25.1 Å². The number of aromatic amines is 1. The van der Waals surface area contributed by atoms with Crippen LogP contribution in [0.1, 0.15) is 50.2 Å². The summed E-state index contributed by atoms with van der Waals surface area (Å²) in [7, 11) is 0. The molecular formula is C19H25N5O2. The van der Waals surface area contributed by atoms with Crippen LogP contribution in [0, 0.1) is 11.8 Å². The van der Waals surface area contributed by atoms with Crippen LogP contribution in [0.3, 0.4) is 0 Å². The number of H-pyrrole nitrogens is 1. The van der Waals surface area contributed by atoms with Crippen molar-refractivity contribution < 1.29 is 9.53 Å². The third-order valence-corrected chi connectivity index (χ3v) is 5.33. The first-order valence-electron chi connectivity index (χ1n) is 9.34. The first-order valence-corrected chi connectivity index (χ1v) is 9.34. The van der Waals surface area contributed by atoms with Gasteiger partial charge in [0.25, 0.3) is 5.91 Å². The first-order chi connectivity index (χ1) is 12.6. The van der Waals surface area contributed by atoms with Gasteiger partial charge >= 0.3 is 0 Å². The molecule has 2 aliphatic rings. The Kier molecular flexibility index (Phi) is 4.61. The van der Waals surface area contributed by atoms with Gasteiger partial charge in [0.15, 0.2) is 12.4 Å². The number of amides is 1. The van der Waals surface area contributed by atoms with Crippen LogP contribution in [-0.2, 0) is 4.79 Å². The Bertz CT molecular complexity index is 756. The van der Waals surface area contributed by atoms with Gasteiger partial charge in [-0.2, -0.15) is 5.10 Å². The first kappa shape index (κ1) is 17.0. The average Bonchev–Trinajstić information content (AvgIpc) is 3.20. The second-order valence-corrected chi connectivity index (χ2v) is 7.62. The molecule has 3 heterocycles. The number of nitrogens with zero attached hydrogens (tertiary/aromatic N) is 4. The van der Waals surface area contributed by atoms with E-state index in [9.17, 15) is 4.79 Å². The lowest BCUT2D eigenvalue weighted by Crippen LogP contribution is -2.33. The summed E-state index contributed by atoms with van der Waals surface area (Å²) in [5.41, 5.74) is 0. The zero-order valence-corrected chi connectivity index (χ0v) is 15.3. The number of aromatic nitrogens is 4. The number of carbonyl (C=O) groups excluding carboxylic acids is 1. The topological polar surface area (TPSA) is 84.0 Å². The highest BCUT2D eigenvalue weighted by Crippen LogP contribution is 2.47. The third-order valence-electron chi connectivity index (χ3n) is 5.33. The van der Waals surface area contributed by atoms with E-state index in [1.807, 2.05) is 11.0 Å². The van der Waals surface area contributed by atoms with Crippen LogP contribution in [0.4, 0.5) is 0 Å². The van der Waals surface area contributed by atoms with E-state index in [1.165, 1.54) is 12.8 Å². The van der Waals surface area contributed by atoms with Crippen LogP contribution in [0.2, 0.25) is 0 Å². The molecule has 1 aliphatic heterocycles. The van der Waals surface area contributed by atoms with Crippen LogP contribution >= 0.6 is 0 Å². The van der Waals surface area contributed by atoms with Gasteiger partial charge in [-0.3, -0.25) is 14.9 Å². The molecule has 1 N–H and O–H groups in total. The number of pyridine rings is 1. The second-order valence-electron chi connectivity index (χ2n) is 7.62. The predicted octanol–water partition coefficient (Wildman–Crippen LogP) is 2.35. The normalized spacial score (nSPS) is 22.8. The fourth-order valence-corrected chi connectivity index (χ4v) is 3.70. The summed E-state index contributed by atoms with van der Waals surface area (Å²) >= 11 is 0. The minimum absolute atomic E-state index is 0.0191. The Morgan fingerprint density at radius 1 is 1.38 bits per heavy atom. The Morgan fingerprint density at radius 3 is 2.88 bits per heavy atom. The minimum atomic E-state index is 0.0191. The van der Waals surface area contributed by atoms with Crippen molar-refractivity contribution in [3.05, 3.63) is 36.2 Å². The SMILES string of the molecule is CC(C)c1n[nH]c([C@H]2CN(C(=O)COc3cccnc3)C[C@@H]2C2CC2)n1. The number of ether oxygens (including phenoxy) is 1. The Morgan fingerprint density at radius 2 is 2.23 bits per heavy atom. The van der Waals surface area contributed by atoms with E-state index in [1.54, 1.807) is 18.5 Å². The number of hydrogen-bond donors (Lipinski definition) is 1. The lowest BCUT2D eigenvalue weighted by atomic mass is 9.91. The molecule has 1 amide bonds. The fraction of sp³-hybridized carbons (Fsp3) is 0.579. The quantitative estimate of drug-likeness (QED) is 0.860. The molecule has 7 heteroatoms. The summed E-state index contributed by atoms with van der Waals surface area (Å²) in [6.45, 7) is 5.69. The molecule has 2 fully saturated rings. The second kappa shape index (κ2) is 7.05. The van der Waals surface area contributed by atoms with E-state index < -0.39 is 0 Å². The maximum Gasteiger partial charge on any atom is 0.260 e. The molecule has 0 spiro atoms. The molecule has 138 valence electrons. The molecule has 7 nitrogen and oxygen atoms in total. The number of likely N-dealkylation sites (tertiary alicyclic amines) is 1. The molecule has 0 bridgehead atoms. The van der Waals surface area contributed by atoms with E-state index in [-0.39, 0.29) is 18.4 Å². The lowest BCUT2D eigenvalue weighted by molar-refractivity contribution is -0.132. The highest BCUT2D eigenvalue weighted by atomic mass is 16.5. The highest BCUT2D eigenvalue weighted by molar-refractivity contribution is 5.78. The van der Waals surface area contributed by atoms with E-state index in [4.69, 9.17) is 9.72 Å². The molecular weight excluding hydrogens is 330 g/mol. The van der Waals surface area contributed by atoms with Crippen LogP contribution in [-0.4, -0.2) is 50.7 Å². The summed E-state index contributed by atoms with van der Waals surface area (Å²) in [4.78, 5) is 23.2. The Balaban J connectivity index is 1.42. The average molecular weight is 355 g/mol. The van der Waals surface area contributed by atoms with Gasteiger partial charge in [0.05, 0.1) is 6.20 Å². The molecule has 2 atom stereocenters. The Hall–Kier alpha value is -2.44. The molecule has 0 unspecified atom stereocenters. The van der Waals surface area contributed by atoms with E-state index in [0.29, 0.717) is 30.0 Å². The summed E-state index contributed by atoms with van der Waals surface area (Å²) in [5.74, 6) is 4.11. The molecule has 2 aromatic heterocycles. The van der Waals surface area contributed by atoms with Crippen molar-refractivity contribution in [2.24, 2.45) is 11.8 Å². The molecule has 0 radical (unpaired) electrons. The minimum Gasteiger partial charge on any atom is -0.482 e. The van der Waals surface area contributed by atoms with E-state index in [0.717, 1.165) is 18.2 Å². The van der Waals surface area contributed by atoms with Crippen LogP contribution in [0.25, 0.3) is 0 Å². The fourth-order valence-electron chi connectivity index (χ4n) is 3.70. The highest BCUT2D eigenvalue weighted by Gasteiger charge is 2.45. The molecule has 1 saturated carbocycles. The van der Waals surface area contributed by atoms with Gasteiger partial charge in [-0.05, 0) is 36.8 Å². The molecule has 1 aliphatic carbocycles. The largest absolute Gasteiger partial charge is 0.482 e. The summed E-state index contributed by atoms with van der Waals surface area (Å²) in [6, 6.07) is 3.60. The zero-order valence-electron chi connectivity index (χ0n) is 15.3. The van der Waals surface area contributed by atoms with Crippen LogP contribution in [0.15, 0.2) is 24.5 Å². The van der Waals surface area contributed by atoms with Crippen molar-refractivity contribution >= 4 is 5.91 Å². The standard InChI is InChI=1S/C19H25N5O2/c1-12(2)18-21-19(23-22-18)16-10-24(9-15(16)13-5-6-13)17(25)11-26-14-4-3-7-20-8-14/h3-4,7-8,12-13,15-16H,5-6,9-11H2,1-2H3,(H,21,22,23)/t15-,16+/m1/s1. The molecule has 1 saturated heterocycles. The smallest absolute Gasteiger partial charge is 0.260 e. The van der Waals surface area contributed by atoms with Gasteiger partial charge in [-0.25, -0.2) is 4.98 Å². The summed E-state index contributed by atoms with van der Waals surface area (Å²) in [6.07, 6.45) is 5.80. The molecule has 0 aromatic carbocycles. The van der Waals surface area contributed by atoms with Crippen molar-refractivity contribution in [2.75, 3.05) is 19.7 Å². The number of rotatable bonds is 6. The zero-order chi connectivity index (χ0) is 18.1. The van der Waals surface area contributed by atoms with Gasteiger partial charge in [0, 0.05) is 31.1 Å². The van der Waals surface area contributed by atoms with E-state index >= 15 is 0 Å². The molecule has 26 heavy (non-hydrogen) atoms. The lowest BCUT2D eigenvalue weighted by Gasteiger charge is -2.16. The molecule has 4 rings (SSSR count). The van der Waals surface area contributed by atoms with Crippen molar-refractivity contribution in [1.29, 1.82) is 0 Å². The van der Waals surface area contributed by atoms with Crippen LogP contribution in [0.5, 0.6) is 5.75 Å². The summed E-state index contributed by atoms with van der Waals surface area (Å²) in [5, 5.41) is 7.47. The summed E-state index contributed by atoms with van der Waals surface area (Å²) < 4.78 is 5.58. The third kappa shape index (κ3) is 3.57. The maximum atomic E-state index is 12.6.